The summed E-state index contributed by atoms with van der Waals surface area (Å²) < 4.78 is 0. The number of nitrogens with one attached hydrogen (secondary N) is 1. The zero-order valence-corrected chi connectivity index (χ0v) is 17.1. The number of benzene rings is 1. The molecule has 1 aromatic carbocycles. The molecule has 3 heterocycles. The summed E-state index contributed by atoms with van der Waals surface area (Å²) in [7, 11) is 0. The van der Waals surface area contributed by atoms with Crippen LogP contribution in [0.25, 0.3) is 11.4 Å². The lowest BCUT2D eigenvalue weighted by molar-refractivity contribution is -0.384. The molecule has 1 saturated heterocycles. The molecule has 1 N–H and O–H groups in total. The minimum Gasteiger partial charge on any atom is -0.367 e. The lowest BCUT2D eigenvalue weighted by atomic mass is 10.0. The van der Waals surface area contributed by atoms with Crippen LogP contribution in [-0.4, -0.2) is 49.8 Å². The zero-order chi connectivity index (χ0) is 21.8. The first-order valence-electron chi connectivity index (χ1n) is 10.1. The van der Waals surface area contributed by atoms with E-state index in [0.29, 0.717) is 35.9 Å². The number of nitrogens with zero attached hydrogens (tertiary/aromatic N) is 5. The van der Waals surface area contributed by atoms with Crippen molar-refractivity contribution < 1.29 is 9.72 Å². The normalized spacial score (nSPS) is 14.3. The van der Waals surface area contributed by atoms with Gasteiger partial charge >= 0.3 is 0 Å². The minimum absolute atomic E-state index is 0.00310. The minimum atomic E-state index is -0.431. The van der Waals surface area contributed by atoms with E-state index in [-0.39, 0.29) is 17.6 Å². The number of nitro benzene ring substituents is 1. The Hall–Kier alpha value is -3.88. The molecule has 1 aliphatic rings. The number of likely N-dealkylation sites (tertiary alicyclic amines) is 1. The third kappa shape index (κ3) is 4.82. The number of carbonyl (C=O) groups excluding carboxylic acids is 1. The van der Waals surface area contributed by atoms with Gasteiger partial charge in [0.15, 0.2) is 5.82 Å². The van der Waals surface area contributed by atoms with Gasteiger partial charge in [-0.15, -0.1) is 0 Å². The number of nitro groups is 1. The number of rotatable bonds is 5. The van der Waals surface area contributed by atoms with Crippen LogP contribution in [-0.2, 0) is 0 Å². The van der Waals surface area contributed by atoms with Crippen molar-refractivity contribution in [3.8, 4) is 11.4 Å². The van der Waals surface area contributed by atoms with E-state index in [9.17, 15) is 14.9 Å². The molecule has 1 fully saturated rings. The summed E-state index contributed by atoms with van der Waals surface area (Å²) in [6, 6.07) is 11.8. The number of piperidine rings is 1. The first-order chi connectivity index (χ1) is 15.0. The van der Waals surface area contributed by atoms with Gasteiger partial charge in [0.25, 0.3) is 11.6 Å². The van der Waals surface area contributed by atoms with Gasteiger partial charge in [0.1, 0.15) is 5.82 Å². The van der Waals surface area contributed by atoms with Crippen LogP contribution in [0, 0.1) is 17.0 Å². The molecule has 0 aliphatic carbocycles. The maximum absolute atomic E-state index is 12.6. The van der Waals surface area contributed by atoms with Crippen molar-refractivity contribution in [3.05, 3.63) is 76.2 Å². The molecule has 158 valence electrons. The van der Waals surface area contributed by atoms with E-state index in [1.165, 1.54) is 12.1 Å². The Balaban J connectivity index is 1.43. The Morgan fingerprint density at radius 2 is 1.87 bits per heavy atom. The Morgan fingerprint density at radius 3 is 2.58 bits per heavy atom. The van der Waals surface area contributed by atoms with Crippen LogP contribution in [0.3, 0.4) is 0 Å². The molecule has 31 heavy (non-hydrogen) atoms. The van der Waals surface area contributed by atoms with Gasteiger partial charge < -0.3 is 10.2 Å². The second-order valence-corrected chi connectivity index (χ2v) is 7.47. The van der Waals surface area contributed by atoms with Gasteiger partial charge in [-0.25, -0.2) is 9.97 Å². The molecule has 0 saturated carbocycles. The van der Waals surface area contributed by atoms with Crippen LogP contribution in [0.2, 0.25) is 0 Å². The van der Waals surface area contributed by atoms with E-state index in [2.05, 4.69) is 20.3 Å². The van der Waals surface area contributed by atoms with Crippen molar-refractivity contribution in [2.75, 3.05) is 18.4 Å². The van der Waals surface area contributed by atoms with Crippen LogP contribution in [0.5, 0.6) is 0 Å². The summed E-state index contributed by atoms with van der Waals surface area (Å²) in [6.07, 6.45) is 4.84. The molecule has 1 aliphatic heterocycles. The molecule has 4 rings (SSSR count). The van der Waals surface area contributed by atoms with Crippen LogP contribution in [0.1, 0.15) is 28.9 Å². The molecule has 3 aromatic rings. The van der Waals surface area contributed by atoms with Crippen LogP contribution < -0.4 is 5.32 Å². The highest BCUT2D eigenvalue weighted by Crippen LogP contribution is 2.24. The molecular formula is C22H22N6O3. The van der Waals surface area contributed by atoms with Crippen molar-refractivity contribution in [1.29, 1.82) is 0 Å². The number of hydrogen-bond acceptors (Lipinski definition) is 7. The van der Waals surface area contributed by atoms with Crippen molar-refractivity contribution in [2.45, 2.75) is 25.8 Å². The Labute approximate surface area is 179 Å². The average Bonchev–Trinajstić information content (AvgIpc) is 2.79. The van der Waals surface area contributed by atoms with Gasteiger partial charge in [-0.2, -0.15) is 0 Å². The molecule has 2 aromatic heterocycles. The van der Waals surface area contributed by atoms with Gasteiger partial charge in [-0.05, 0) is 31.9 Å². The molecule has 0 radical (unpaired) electrons. The molecule has 9 nitrogen and oxygen atoms in total. The fourth-order valence-electron chi connectivity index (χ4n) is 3.64. The summed E-state index contributed by atoms with van der Waals surface area (Å²) in [5.41, 5.74) is 2.01. The second-order valence-electron chi connectivity index (χ2n) is 7.47. The summed E-state index contributed by atoms with van der Waals surface area (Å²) in [5, 5.41) is 14.5. The third-order valence-corrected chi connectivity index (χ3v) is 5.23. The maximum Gasteiger partial charge on any atom is 0.270 e. The second kappa shape index (κ2) is 8.86. The van der Waals surface area contributed by atoms with E-state index in [0.717, 1.165) is 18.5 Å². The molecular weight excluding hydrogens is 396 g/mol. The first-order valence-corrected chi connectivity index (χ1v) is 10.1. The van der Waals surface area contributed by atoms with Crippen LogP contribution in [0.4, 0.5) is 11.5 Å². The maximum atomic E-state index is 12.6. The zero-order valence-electron chi connectivity index (χ0n) is 17.1. The van der Waals surface area contributed by atoms with Crippen molar-refractivity contribution in [2.24, 2.45) is 0 Å². The topological polar surface area (TPSA) is 114 Å². The summed E-state index contributed by atoms with van der Waals surface area (Å²) in [6.45, 7) is 3.17. The third-order valence-electron chi connectivity index (χ3n) is 5.23. The number of pyridine rings is 1. The largest absolute Gasteiger partial charge is 0.367 e. The number of amides is 1. The SMILES string of the molecule is Cc1cc(NC2CCN(C(=O)c3ccncc3)CC2)nc(-c2cccc([N+](=O)[O-])c2)n1. The summed E-state index contributed by atoms with van der Waals surface area (Å²) in [5.74, 6) is 1.14. The lowest BCUT2D eigenvalue weighted by Gasteiger charge is -2.32. The standard InChI is InChI=1S/C22H22N6O3/c1-15-13-20(26-21(24-15)17-3-2-4-19(14-17)28(30)31)25-18-7-11-27(12-8-18)22(29)16-5-9-23-10-6-16/h2-6,9-10,13-14,18H,7-8,11-12H2,1H3,(H,24,25,26). The van der Waals surface area contributed by atoms with Gasteiger partial charge in [-0.3, -0.25) is 19.9 Å². The molecule has 0 bridgehead atoms. The van der Waals surface area contributed by atoms with E-state index in [1.54, 1.807) is 36.7 Å². The molecule has 1 amide bonds. The van der Waals surface area contributed by atoms with Gasteiger partial charge in [-0.1, -0.05) is 12.1 Å². The van der Waals surface area contributed by atoms with Crippen LogP contribution in [0.15, 0.2) is 54.9 Å². The number of carbonyl (C=O) groups is 1. The van der Waals surface area contributed by atoms with Gasteiger partial charge in [0, 0.05) is 66.5 Å². The Bertz CT molecular complexity index is 1100. The van der Waals surface area contributed by atoms with Gasteiger partial charge in [0.05, 0.1) is 4.92 Å². The number of hydrogen-bond donors (Lipinski definition) is 1. The highest BCUT2D eigenvalue weighted by atomic mass is 16.6. The quantitative estimate of drug-likeness (QED) is 0.498. The van der Waals surface area contributed by atoms with E-state index in [1.807, 2.05) is 17.9 Å². The van der Waals surface area contributed by atoms with Crippen LogP contribution >= 0.6 is 0 Å². The van der Waals surface area contributed by atoms with E-state index in [4.69, 9.17) is 0 Å². The van der Waals surface area contributed by atoms with E-state index >= 15 is 0 Å². The number of non-ortho nitro benzene ring substituents is 1. The summed E-state index contributed by atoms with van der Waals surface area (Å²) >= 11 is 0. The summed E-state index contributed by atoms with van der Waals surface area (Å²) in [4.78, 5) is 38.0. The predicted octanol–water partition coefficient (Wildman–Crippen LogP) is 3.47. The van der Waals surface area contributed by atoms with Crippen molar-refractivity contribution >= 4 is 17.4 Å². The lowest BCUT2D eigenvalue weighted by Crippen LogP contribution is -2.42. The van der Waals surface area contributed by atoms with Crippen molar-refractivity contribution in [1.82, 2.24) is 19.9 Å². The molecule has 0 spiro atoms. The number of anilines is 1. The van der Waals surface area contributed by atoms with Crippen molar-refractivity contribution in [3.63, 3.8) is 0 Å². The van der Waals surface area contributed by atoms with Gasteiger partial charge in [0.2, 0.25) is 0 Å². The number of aromatic nitrogens is 3. The number of aryl methyl sites for hydroxylation is 1. The first kappa shape index (κ1) is 20.4. The smallest absolute Gasteiger partial charge is 0.270 e. The molecule has 0 unspecified atom stereocenters. The predicted molar refractivity (Wildman–Crippen MR) is 116 cm³/mol. The Kier molecular flexibility index (Phi) is 5.83. The fraction of sp³-hybridized carbons (Fsp3) is 0.273. The monoisotopic (exact) mass is 418 g/mol. The highest BCUT2D eigenvalue weighted by molar-refractivity contribution is 5.94. The Morgan fingerprint density at radius 1 is 1.13 bits per heavy atom. The molecule has 0 atom stereocenters. The highest BCUT2D eigenvalue weighted by Gasteiger charge is 2.24. The average molecular weight is 418 g/mol. The molecule has 9 heteroatoms. The fourth-order valence-corrected chi connectivity index (χ4v) is 3.64. The van der Waals surface area contributed by atoms with E-state index < -0.39 is 4.92 Å².